The van der Waals surface area contributed by atoms with E-state index in [1.54, 1.807) is 0 Å². The number of nitrogens with one attached hydrogen (secondary N) is 1. The van der Waals surface area contributed by atoms with Crippen LogP contribution in [0, 0.1) is 11.3 Å². The normalized spacial score (nSPS) is 22.7. The van der Waals surface area contributed by atoms with Crippen LogP contribution in [0.25, 0.3) is 0 Å². The maximum atomic E-state index is 12.5. The molecule has 2 rings (SSSR count). The number of hydrogen-bond donors (Lipinski definition) is 2. The van der Waals surface area contributed by atoms with Gasteiger partial charge in [0.1, 0.15) is 0 Å². The van der Waals surface area contributed by atoms with Gasteiger partial charge in [0.25, 0.3) is 0 Å². The Morgan fingerprint density at radius 1 is 1.00 bits per heavy atom. The maximum Gasteiger partial charge on any atom is 0.240 e. The first-order valence-electron chi connectivity index (χ1n) is 8.61. The molecule has 25 heavy (non-hydrogen) atoms. The smallest absolute Gasteiger partial charge is 0.225 e. The van der Waals surface area contributed by atoms with E-state index in [9.17, 15) is 16.8 Å². The second-order valence-electron chi connectivity index (χ2n) is 7.53. The molecule has 1 saturated carbocycles. The van der Waals surface area contributed by atoms with Crippen molar-refractivity contribution >= 4 is 20.0 Å². The van der Waals surface area contributed by atoms with Gasteiger partial charge in [0, 0.05) is 6.04 Å². The van der Waals surface area contributed by atoms with Crippen LogP contribution in [-0.4, -0.2) is 22.9 Å². The van der Waals surface area contributed by atoms with Crippen LogP contribution in [0.2, 0.25) is 0 Å². The van der Waals surface area contributed by atoms with Gasteiger partial charge in [0.2, 0.25) is 20.0 Å². The van der Waals surface area contributed by atoms with Gasteiger partial charge in [0.15, 0.2) is 0 Å². The van der Waals surface area contributed by atoms with E-state index in [1.807, 2.05) is 0 Å². The molecule has 0 aliphatic heterocycles. The van der Waals surface area contributed by atoms with Crippen molar-refractivity contribution in [2.45, 2.75) is 68.7 Å². The molecule has 0 aromatic heterocycles. The number of hydrogen-bond acceptors (Lipinski definition) is 4. The Labute approximate surface area is 151 Å². The molecule has 3 N–H and O–H groups in total. The summed E-state index contributed by atoms with van der Waals surface area (Å²) in [6.45, 7) is 6.74. The van der Waals surface area contributed by atoms with Crippen molar-refractivity contribution in [3.05, 3.63) is 24.3 Å². The first-order valence-corrected chi connectivity index (χ1v) is 11.6. The van der Waals surface area contributed by atoms with Gasteiger partial charge in [-0.1, -0.05) is 27.2 Å². The van der Waals surface area contributed by atoms with E-state index < -0.39 is 20.0 Å². The fourth-order valence-electron chi connectivity index (χ4n) is 3.38. The minimum atomic E-state index is -3.83. The van der Waals surface area contributed by atoms with Gasteiger partial charge in [-0.15, -0.1) is 0 Å². The summed E-state index contributed by atoms with van der Waals surface area (Å²) in [7, 11) is -7.50. The van der Waals surface area contributed by atoms with Gasteiger partial charge in [0.05, 0.1) is 9.79 Å². The number of rotatable bonds is 6. The molecule has 1 aliphatic rings. The topological polar surface area (TPSA) is 106 Å². The van der Waals surface area contributed by atoms with Gasteiger partial charge in [-0.25, -0.2) is 26.7 Å². The predicted octanol–water partition coefficient (Wildman–Crippen LogP) is 2.61. The van der Waals surface area contributed by atoms with Crippen LogP contribution in [0.15, 0.2) is 34.1 Å². The molecule has 8 heteroatoms. The van der Waals surface area contributed by atoms with Crippen LogP contribution in [0.1, 0.15) is 52.9 Å². The standard InChI is InChI=1S/C17H28N2O4S2/c1-4-17(2,3)13-5-7-14(8-6-13)19-25(22,23)16-11-9-15(10-12-16)24(18,20)21/h9-14,19H,4-8H2,1-3H3,(H2,18,20,21). The summed E-state index contributed by atoms with van der Waals surface area (Å²) >= 11 is 0. The Bertz CT molecular complexity index is 792. The minimum absolute atomic E-state index is 0.0518. The molecule has 0 unspecified atom stereocenters. The van der Waals surface area contributed by atoms with Crippen LogP contribution in [0.5, 0.6) is 0 Å². The minimum Gasteiger partial charge on any atom is -0.225 e. The van der Waals surface area contributed by atoms with Gasteiger partial charge in [-0.3, -0.25) is 0 Å². The van der Waals surface area contributed by atoms with Crippen LogP contribution in [0.4, 0.5) is 0 Å². The molecule has 6 nitrogen and oxygen atoms in total. The summed E-state index contributed by atoms with van der Waals surface area (Å²) in [6.07, 6.45) is 4.78. The number of primary sulfonamides is 1. The van der Waals surface area contributed by atoms with E-state index in [-0.39, 0.29) is 21.2 Å². The van der Waals surface area contributed by atoms with E-state index in [1.165, 1.54) is 24.3 Å². The van der Waals surface area contributed by atoms with Gasteiger partial charge in [-0.2, -0.15) is 0 Å². The van der Waals surface area contributed by atoms with Gasteiger partial charge >= 0.3 is 0 Å². The highest BCUT2D eigenvalue weighted by Crippen LogP contribution is 2.40. The molecule has 1 fully saturated rings. The zero-order valence-electron chi connectivity index (χ0n) is 15.0. The van der Waals surface area contributed by atoms with Crippen molar-refractivity contribution in [3.8, 4) is 0 Å². The Balaban J connectivity index is 2.03. The third-order valence-corrected chi connectivity index (χ3v) is 7.99. The van der Waals surface area contributed by atoms with Crippen molar-refractivity contribution in [1.82, 2.24) is 4.72 Å². The molecule has 1 aromatic rings. The number of benzene rings is 1. The van der Waals surface area contributed by atoms with Crippen molar-refractivity contribution in [3.63, 3.8) is 0 Å². The van der Waals surface area contributed by atoms with Gasteiger partial charge in [-0.05, 0) is 61.3 Å². The summed E-state index contributed by atoms with van der Waals surface area (Å²) in [4.78, 5) is -0.0512. The lowest BCUT2D eigenvalue weighted by Crippen LogP contribution is -2.39. The third-order valence-electron chi connectivity index (χ3n) is 5.53. The van der Waals surface area contributed by atoms with E-state index in [0.717, 1.165) is 32.1 Å². The fourth-order valence-corrected chi connectivity index (χ4v) is 5.20. The molecule has 0 amide bonds. The van der Waals surface area contributed by atoms with Crippen molar-refractivity contribution in [2.24, 2.45) is 16.5 Å². The molecule has 0 bridgehead atoms. The second kappa shape index (κ2) is 7.34. The summed E-state index contributed by atoms with van der Waals surface area (Å²) in [5.74, 6) is 0.618. The molecule has 0 radical (unpaired) electrons. The maximum absolute atomic E-state index is 12.5. The summed E-state index contributed by atoms with van der Waals surface area (Å²) in [6, 6.07) is 4.89. The number of sulfonamides is 2. The Morgan fingerprint density at radius 3 is 1.92 bits per heavy atom. The average molecular weight is 389 g/mol. The first-order chi connectivity index (χ1) is 11.5. The molecule has 0 heterocycles. The lowest BCUT2D eigenvalue weighted by Gasteiger charge is -2.39. The lowest BCUT2D eigenvalue weighted by atomic mass is 9.69. The second-order valence-corrected chi connectivity index (χ2v) is 10.8. The molecule has 0 atom stereocenters. The lowest BCUT2D eigenvalue weighted by molar-refractivity contribution is 0.142. The quantitative estimate of drug-likeness (QED) is 0.781. The largest absolute Gasteiger partial charge is 0.240 e. The van der Waals surface area contributed by atoms with E-state index in [4.69, 9.17) is 5.14 Å². The average Bonchev–Trinajstić information content (AvgIpc) is 2.54. The Hall–Kier alpha value is -0.960. The Morgan fingerprint density at radius 2 is 1.48 bits per heavy atom. The van der Waals surface area contributed by atoms with Crippen LogP contribution >= 0.6 is 0 Å². The highest BCUT2D eigenvalue weighted by molar-refractivity contribution is 7.89. The SMILES string of the molecule is CCC(C)(C)C1CCC(NS(=O)(=O)c2ccc(S(N)(=O)=O)cc2)CC1. The van der Waals surface area contributed by atoms with Crippen molar-refractivity contribution < 1.29 is 16.8 Å². The number of nitrogens with two attached hydrogens (primary N) is 1. The predicted molar refractivity (Wildman–Crippen MR) is 98.0 cm³/mol. The van der Waals surface area contributed by atoms with Crippen molar-refractivity contribution in [2.75, 3.05) is 0 Å². The zero-order chi connectivity index (χ0) is 18.9. The van der Waals surface area contributed by atoms with E-state index in [2.05, 4.69) is 25.5 Å². The highest BCUT2D eigenvalue weighted by Gasteiger charge is 2.33. The molecule has 1 aliphatic carbocycles. The monoisotopic (exact) mass is 388 g/mol. The van der Waals surface area contributed by atoms with Crippen LogP contribution < -0.4 is 9.86 Å². The fraction of sp³-hybridized carbons (Fsp3) is 0.647. The highest BCUT2D eigenvalue weighted by atomic mass is 32.2. The van der Waals surface area contributed by atoms with E-state index in [0.29, 0.717) is 5.92 Å². The zero-order valence-corrected chi connectivity index (χ0v) is 16.7. The summed E-state index contributed by atoms with van der Waals surface area (Å²) in [5.41, 5.74) is 0.285. The molecule has 142 valence electrons. The van der Waals surface area contributed by atoms with Crippen LogP contribution in [-0.2, 0) is 20.0 Å². The third kappa shape index (κ3) is 5.03. The van der Waals surface area contributed by atoms with Gasteiger partial charge < -0.3 is 0 Å². The molecule has 0 spiro atoms. The van der Waals surface area contributed by atoms with Crippen molar-refractivity contribution in [1.29, 1.82) is 0 Å². The molecule has 1 aromatic carbocycles. The molecule has 0 saturated heterocycles. The van der Waals surface area contributed by atoms with E-state index >= 15 is 0 Å². The molecular weight excluding hydrogens is 360 g/mol. The summed E-state index contributed by atoms with van der Waals surface area (Å²) < 4.78 is 50.3. The van der Waals surface area contributed by atoms with Crippen LogP contribution in [0.3, 0.4) is 0 Å². The summed E-state index contributed by atoms with van der Waals surface area (Å²) in [5, 5.41) is 5.03. The first kappa shape index (κ1) is 20.4. The molecular formula is C17H28N2O4S2. The Kier molecular flexibility index (Phi) is 5.98.